The summed E-state index contributed by atoms with van der Waals surface area (Å²) in [6.45, 7) is 2.22. The lowest BCUT2D eigenvalue weighted by atomic mass is 10.5. The molecule has 3 nitrogen and oxygen atoms in total. The molecule has 0 aromatic carbocycles. The Balaban J connectivity index is 4.08. The van der Waals surface area contributed by atoms with Gasteiger partial charge in [-0.3, -0.25) is 0 Å². The summed E-state index contributed by atoms with van der Waals surface area (Å²) in [5, 5.41) is 0. The van der Waals surface area contributed by atoms with E-state index in [4.69, 9.17) is 22.3 Å². The standard InChI is InChI=1S/C4H9Cl2NO2S/c1-2-3-7(4-5)10(6,8)9/h2-4H2,1H3. The smallest absolute Gasteiger partial charge is 0.195 e. The van der Waals surface area contributed by atoms with Gasteiger partial charge in [0.15, 0.2) is 0 Å². The van der Waals surface area contributed by atoms with Gasteiger partial charge in [0.1, 0.15) is 0 Å². The summed E-state index contributed by atoms with van der Waals surface area (Å²) in [5.41, 5.74) is 0. The van der Waals surface area contributed by atoms with Crippen LogP contribution >= 0.6 is 22.3 Å². The summed E-state index contributed by atoms with van der Waals surface area (Å²) in [6, 6.07) is -0.0837. The molecule has 0 aliphatic carbocycles. The largest absolute Gasteiger partial charge is 0.300 e. The third-order valence-corrected chi connectivity index (χ3v) is 2.86. The molecule has 0 bridgehead atoms. The molecule has 0 amide bonds. The van der Waals surface area contributed by atoms with Gasteiger partial charge < -0.3 is 0 Å². The van der Waals surface area contributed by atoms with Gasteiger partial charge in [-0.1, -0.05) is 6.92 Å². The minimum absolute atomic E-state index is 0.0837. The average molecular weight is 206 g/mol. The van der Waals surface area contributed by atoms with Crippen LogP contribution in [-0.2, 0) is 9.24 Å². The van der Waals surface area contributed by atoms with E-state index < -0.39 is 9.24 Å². The molecule has 0 heterocycles. The van der Waals surface area contributed by atoms with Gasteiger partial charge in [-0.25, -0.2) is 0 Å². The van der Waals surface area contributed by atoms with Crippen LogP contribution in [0.5, 0.6) is 0 Å². The third kappa shape index (κ3) is 3.61. The Hall–Kier alpha value is 0.490. The molecule has 62 valence electrons. The molecular weight excluding hydrogens is 197 g/mol. The second kappa shape index (κ2) is 4.38. The van der Waals surface area contributed by atoms with Gasteiger partial charge in [-0.05, 0) is 6.42 Å². The zero-order valence-electron chi connectivity index (χ0n) is 5.55. The van der Waals surface area contributed by atoms with E-state index in [2.05, 4.69) is 0 Å². The number of alkyl halides is 1. The first kappa shape index (κ1) is 10.5. The van der Waals surface area contributed by atoms with Crippen molar-refractivity contribution < 1.29 is 8.42 Å². The predicted molar refractivity (Wildman–Crippen MR) is 42.5 cm³/mol. The lowest BCUT2D eigenvalue weighted by molar-refractivity contribution is 0.468. The molecule has 0 spiro atoms. The highest BCUT2D eigenvalue weighted by atomic mass is 35.7. The topological polar surface area (TPSA) is 37.4 Å². The SMILES string of the molecule is CCCN(CCl)S(=O)(=O)Cl. The zero-order chi connectivity index (χ0) is 8.20. The van der Waals surface area contributed by atoms with E-state index in [1.54, 1.807) is 0 Å². The van der Waals surface area contributed by atoms with E-state index in [-0.39, 0.29) is 6.00 Å². The Morgan fingerprint density at radius 3 is 2.10 bits per heavy atom. The van der Waals surface area contributed by atoms with Crippen LogP contribution in [0.2, 0.25) is 0 Å². The van der Waals surface area contributed by atoms with E-state index >= 15 is 0 Å². The van der Waals surface area contributed by atoms with Gasteiger partial charge in [0.25, 0.3) is 0 Å². The number of halogens is 2. The van der Waals surface area contributed by atoms with Gasteiger partial charge in [0.05, 0.1) is 6.00 Å². The molecule has 6 heteroatoms. The first-order valence-electron chi connectivity index (χ1n) is 2.78. The molecule has 0 saturated heterocycles. The number of rotatable bonds is 4. The molecule has 0 atom stereocenters. The van der Waals surface area contributed by atoms with Crippen LogP contribution in [0.25, 0.3) is 0 Å². The molecule has 10 heavy (non-hydrogen) atoms. The fraction of sp³-hybridized carbons (Fsp3) is 1.00. The van der Waals surface area contributed by atoms with Crippen LogP contribution in [0.3, 0.4) is 0 Å². The predicted octanol–water partition coefficient (Wildman–Crippen LogP) is 1.38. The van der Waals surface area contributed by atoms with E-state index in [0.29, 0.717) is 13.0 Å². The maximum absolute atomic E-state index is 10.6. The number of nitrogens with zero attached hydrogens (tertiary/aromatic N) is 1. The van der Waals surface area contributed by atoms with E-state index in [0.717, 1.165) is 4.31 Å². The van der Waals surface area contributed by atoms with Crippen LogP contribution in [0, 0.1) is 0 Å². The Kier molecular flexibility index (Phi) is 4.60. The Bertz CT molecular complexity index is 180. The summed E-state index contributed by atoms with van der Waals surface area (Å²) >= 11 is 5.29. The molecule has 0 aliphatic heterocycles. The molecule has 0 aliphatic rings. The zero-order valence-corrected chi connectivity index (χ0v) is 7.88. The minimum Gasteiger partial charge on any atom is -0.195 e. The summed E-state index contributed by atoms with van der Waals surface area (Å²) in [6.07, 6.45) is 0.707. The van der Waals surface area contributed by atoms with Crippen molar-refractivity contribution in [2.75, 3.05) is 12.5 Å². The summed E-state index contributed by atoms with van der Waals surface area (Å²) < 4.78 is 22.1. The maximum Gasteiger partial charge on any atom is 0.300 e. The van der Waals surface area contributed by atoms with Crippen molar-refractivity contribution in [1.82, 2.24) is 4.31 Å². The van der Waals surface area contributed by atoms with Crippen LogP contribution in [0.1, 0.15) is 13.3 Å². The van der Waals surface area contributed by atoms with Crippen molar-refractivity contribution in [3.8, 4) is 0 Å². The van der Waals surface area contributed by atoms with Crippen molar-refractivity contribution in [2.24, 2.45) is 0 Å². The van der Waals surface area contributed by atoms with Gasteiger partial charge in [-0.2, -0.15) is 12.7 Å². The van der Waals surface area contributed by atoms with Crippen molar-refractivity contribution in [2.45, 2.75) is 13.3 Å². The van der Waals surface area contributed by atoms with Crippen LogP contribution in [0.4, 0.5) is 0 Å². The van der Waals surface area contributed by atoms with E-state index in [1.807, 2.05) is 6.92 Å². The molecule has 0 fully saturated rings. The molecule has 0 unspecified atom stereocenters. The molecular formula is C4H9Cl2NO2S. The Labute approximate surface area is 70.5 Å². The molecule has 0 saturated carbocycles. The second-order valence-electron chi connectivity index (χ2n) is 1.74. The minimum atomic E-state index is -3.60. The lowest BCUT2D eigenvalue weighted by Crippen LogP contribution is -2.26. The van der Waals surface area contributed by atoms with Crippen LogP contribution in [0.15, 0.2) is 0 Å². The van der Waals surface area contributed by atoms with Crippen molar-refractivity contribution in [3.63, 3.8) is 0 Å². The molecule has 0 N–H and O–H groups in total. The average Bonchev–Trinajstić information content (AvgIpc) is 1.80. The fourth-order valence-corrected chi connectivity index (χ4v) is 2.00. The highest BCUT2D eigenvalue weighted by molar-refractivity contribution is 8.11. The highest BCUT2D eigenvalue weighted by Crippen LogP contribution is 2.07. The first-order chi connectivity index (χ1) is 4.52. The van der Waals surface area contributed by atoms with Crippen LogP contribution in [-0.4, -0.2) is 25.3 Å². The van der Waals surface area contributed by atoms with Gasteiger partial charge >= 0.3 is 9.24 Å². The van der Waals surface area contributed by atoms with Crippen molar-refractivity contribution in [1.29, 1.82) is 0 Å². The highest BCUT2D eigenvalue weighted by Gasteiger charge is 2.15. The molecule has 0 aromatic heterocycles. The Morgan fingerprint density at radius 2 is 2.00 bits per heavy atom. The van der Waals surface area contributed by atoms with Crippen molar-refractivity contribution in [3.05, 3.63) is 0 Å². The van der Waals surface area contributed by atoms with Gasteiger partial charge in [-0.15, -0.1) is 11.6 Å². The molecule has 0 rings (SSSR count). The first-order valence-corrected chi connectivity index (χ1v) is 5.58. The third-order valence-electron chi connectivity index (χ3n) is 0.915. The fourth-order valence-electron chi connectivity index (χ4n) is 0.476. The summed E-state index contributed by atoms with van der Waals surface area (Å²) in [4.78, 5) is 0. The van der Waals surface area contributed by atoms with E-state index in [9.17, 15) is 8.42 Å². The number of hydrogen-bond donors (Lipinski definition) is 0. The summed E-state index contributed by atoms with van der Waals surface area (Å²) in [7, 11) is 1.39. The number of hydrogen-bond acceptors (Lipinski definition) is 2. The van der Waals surface area contributed by atoms with Gasteiger partial charge in [0.2, 0.25) is 0 Å². The quantitative estimate of drug-likeness (QED) is 0.396. The normalized spacial score (nSPS) is 12.4. The molecule has 0 radical (unpaired) electrons. The molecule has 0 aromatic rings. The lowest BCUT2D eigenvalue weighted by Gasteiger charge is -2.12. The monoisotopic (exact) mass is 205 g/mol. The van der Waals surface area contributed by atoms with E-state index in [1.165, 1.54) is 0 Å². The van der Waals surface area contributed by atoms with Crippen molar-refractivity contribution >= 4 is 31.5 Å². The van der Waals surface area contributed by atoms with Crippen LogP contribution < -0.4 is 0 Å². The summed E-state index contributed by atoms with van der Waals surface area (Å²) in [5.74, 6) is 0. The maximum atomic E-state index is 10.6. The second-order valence-corrected chi connectivity index (χ2v) is 4.49. The Morgan fingerprint density at radius 1 is 1.50 bits per heavy atom. The van der Waals surface area contributed by atoms with Gasteiger partial charge in [0, 0.05) is 17.2 Å².